The number of allylic oxidation sites excluding steroid dienone is 1. The molecule has 3 aliphatic carbocycles. The molecule has 0 unspecified atom stereocenters. The number of nitrogens with two attached hydrogens (primary N) is 1. The third-order valence-corrected chi connectivity index (χ3v) is 7.00. The number of phenolic OH excluding ortho intramolecular Hbond substituents is 1. The average Bonchev–Trinajstić information content (AvgIpc) is 2.72. The summed E-state index contributed by atoms with van der Waals surface area (Å²) in [6.07, 6.45) is 0.287. The second-order valence-corrected chi connectivity index (χ2v) is 8.99. The molecule has 0 aliphatic heterocycles. The van der Waals surface area contributed by atoms with Gasteiger partial charge in [-0.1, -0.05) is 6.07 Å². The fourth-order valence-electron chi connectivity index (χ4n) is 5.61. The lowest BCUT2D eigenvalue weighted by atomic mass is 9.58. The highest BCUT2D eigenvalue weighted by Crippen LogP contribution is 2.52. The summed E-state index contributed by atoms with van der Waals surface area (Å²) in [5.74, 6) is -6.63. The first-order valence-corrected chi connectivity index (χ1v) is 10.4. The molecular formula is C23H26N2O8. The van der Waals surface area contributed by atoms with Gasteiger partial charge in [0.15, 0.2) is 11.4 Å². The minimum atomic E-state index is -2.63. The standard InChI is InChI=1S/C23H26N2O8/c1-25(2)17-12-7-10-6-11-9(8-33-3)4-5-13(26)15(11)18(27)14(10)20(29)23(12,32)21(30)16(19(17)28)22(24)31/h4-5,10,12,17,26,28-29,32H,6-8H2,1-3H3,(H2,24,31)/t10-,12-,17-,23-/m0/s1. The van der Waals surface area contributed by atoms with Crippen molar-refractivity contribution in [3.8, 4) is 5.75 Å². The maximum absolute atomic E-state index is 13.5. The van der Waals surface area contributed by atoms with Crippen LogP contribution in [0.5, 0.6) is 5.75 Å². The fourth-order valence-corrected chi connectivity index (χ4v) is 5.61. The van der Waals surface area contributed by atoms with Gasteiger partial charge >= 0.3 is 0 Å². The van der Waals surface area contributed by atoms with E-state index in [4.69, 9.17) is 10.5 Å². The molecule has 0 saturated carbocycles. The number of aliphatic hydroxyl groups is 3. The number of carbonyl (C=O) groups is 3. The summed E-state index contributed by atoms with van der Waals surface area (Å²) in [7, 11) is 4.67. The number of amides is 1. The highest BCUT2D eigenvalue weighted by Gasteiger charge is 2.63. The van der Waals surface area contributed by atoms with Gasteiger partial charge in [-0.3, -0.25) is 19.3 Å². The van der Waals surface area contributed by atoms with Gasteiger partial charge in [0.25, 0.3) is 5.91 Å². The molecule has 3 aliphatic rings. The van der Waals surface area contributed by atoms with Crippen molar-refractivity contribution in [2.24, 2.45) is 17.6 Å². The number of ketones is 2. The van der Waals surface area contributed by atoms with Gasteiger partial charge in [-0.25, -0.2) is 0 Å². The highest BCUT2D eigenvalue weighted by molar-refractivity contribution is 6.24. The van der Waals surface area contributed by atoms with E-state index in [9.17, 15) is 34.8 Å². The second kappa shape index (κ2) is 7.68. The minimum Gasteiger partial charge on any atom is -0.510 e. The quantitative estimate of drug-likeness (QED) is 0.397. The number of aliphatic hydroxyl groups excluding tert-OH is 2. The molecule has 1 aromatic carbocycles. The van der Waals surface area contributed by atoms with Crippen LogP contribution in [0.25, 0.3) is 0 Å². The summed E-state index contributed by atoms with van der Waals surface area (Å²) >= 11 is 0. The topological polar surface area (TPSA) is 171 Å². The predicted octanol–water partition coefficient (Wildman–Crippen LogP) is 0.267. The summed E-state index contributed by atoms with van der Waals surface area (Å²) in [5.41, 5.74) is 2.90. The molecule has 6 N–H and O–H groups in total. The molecule has 4 rings (SSSR count). The summed E-state index contributed by atoms with van der Waals surface area (Å²) < 4.78 is 5.21. The smallest absolute Gasteiger partial charge is 0.255 e. The van der Waals surface area contributed by atoms with E-state index in [2.05, 4.69) is 0 Å². The first-order chi connectivity index (χ1) is 15.5. The molecule has 10 heteroatoms. The number of ether oxygens (including phenoxy) is 1. The van der Waals surface area contributed by atoms with E-state index in [-0.39, 0.29) is 36.3 Å². The van der Waals surface area contributed by atoms with E-state index in [1.807, 2.05) is 0 Å². The Bertz CT molecular complexity index is 1150. The Kier molecular flexibility index (Phi) is 5.35. The van der Waals surface area contributed by atoms with Gasteiger partial charge in [-0.2, -0.15) is 0 Å². The van der Waals surface area contributed by atoms with Crippen molar-refractivity contribution in [2.75, 3.05) is 21.2 Å². The van der Waals surface area contributed by atoms with Crippen molar-refractivity contribution in [3.05, 3.63) is 51.5 Å². The maximum Gasteiger partial charge on any atom is 0.255 e. The lowest BCUT2D eigenvalue weighted by Gasteiger charge is -2.50. The summed E-state index contributed by atoms with van der Waals surface area (Å²) in [6.45, 7) is 0.200. The second-order valence-electron chi connectivity index (χ2n) is 8.99. The molecular weight excluding hydrogens is 432 g/mol. The number of hydrogen-bond acceptors (Lipinski definition) is 9. The third-order valence-electron chi connectivity index (χ3n) is 7.00. The van der Waals surface area contributed by atoms with Crippen LogP contribution < -0.4 is 5.73 Å². The van der Waals surface area contributed by atoms with Gasteiger partial charge < -0.3 is 30.9 Å². The summed E-state index contributed by atoms with van der Waals surface area (Å²) in [4.78, 5) is 40.1. The van der Waals surface area contributed by atoms with E-state index in [1.54, 1.807) is 20.2 Å². The molecule has 10 nitrogen and oxygen atoms in total. The van der Waals surface area contributed by atoms with E-state index < -0.39 is 58.0 Å². The van der Waals surface area contributed by atoms with Gasteiger partial charge in [-0.15, -0.1) is 0 Å². The van der Waals surface area contributed by atoms with Crippen LogP contribution in [0.4, 0.5) is 0 Å². The Morgan fingerprint density at radius 3 is 2.48 bits per heavy atom. The molecule has 0 aromatic heterocycles. The number of hydrogen-bond donors (Lipinski definition) is 5. The Labute approximate surface area is 189 Å². The van der Waals surface area contributed by atoms with Crippen LogP contribution in [-0.2, 0) is 27.4 Å². The first-order valence-electron chi connectivity index (χ1n) is 10.4. The van der Waals surface area contributed by atoms with Crippen molar-refractivity contribution in [2.45, 2.75) is 31.1 Å². The number of aromatic hydroxyl groups is 1. The van der Waals surface area contributed by atoms with Crippen molar-refractivity contribution < 1.29 is 39.5 Å². The number of rotatable bonds is 4. The molecule has 0 heterocycles. The number of carbonyl (C=O) groups excluding carboxylic acids is 3. The zero-order chi connectivity index (χ0) is 24.4. The molecule has 0 bridgehead atoms. The van der Waals surface area contributed by atoms with Crippen LogP contribution in [0.3, 0.4) is 0 Å². The number of fused-ring (bicyclic) bond motifs is 3. The Hall–Kier alpha value is -3.21. The molecule has 0 fully saturated rings. The highest BCUT2D eigenvalue weighted by atomic mass is 16.5. The van der Waals surface area contributed by atoms with Crippen molar-refractivity contribution in [1.29, 1.82) is 0 Å². The maximum atomic E-state index is 13.5. The molecule has 1 amide bonds. The minimum absolute atomic E-state index is 0.0228. The van der Waals surface area contributed by atoms with Crippen LogP contribution in [0.15, 0.2) is 34.8 Å². The van der Waals surface area contributed by atoms with E-state index in [0.29, 0.717) is 11.1 Å². The number of likely N-dealkylation sites (N-methyl/N-ethyl adjacent to an activating group) is 1. The number of Topliss-reactive ketones (excluding diaryl/α,β-unsaturated/α-hetero) is 2. The Balaban J connectivity index is 1.96. The fraction of sp³-hybridized carbons (Fsp3) is 0.435. The summed E-state index contributed by atoms with van der Waals surface area (Å²) in [6, 6.07) is 1.99. The average molecular weight is 458 g/mol. The van der Waals surface area contributed by atoms with Crippen molar-refractivity contribution >= 4 is 17.5 Å². The van der Waals surface area contributed by atoms with Crippen LogP contribution in [0, 0.1) is 11.8 Å². The number of primary amides is 1. The van der Waals surface area contributed by atoms with Crippen molar-refractivity contribution in [3.63, 3.8) is 0 Å². The molecule has 0 spiro atoms. The van der Waals surface area contributed by atoms with Crippen LogP contribution in [-0.4, -0.2) is 75.6 Å². The van der Waals surface area contributed by atoms with Crippen LogP contribution >= 0.6 is 0 Å². The zero-order valence-electron chi connectivity index (χ0n) is 18.5. The van der Waals surface area contributed by atoms with Crippen LogP contribution in [0.1, 0.15) is 27.9 Å². The van der Waals surface area contributed by atoms with E-state index in [0.717, 1.165) is 0 Å². The molecule has 1 aromatic rings. The summed E-state index contributed by atoms with van der Waals surface area (Å²) in [5, 5.41) is 43.8. The van der Waals surface area contributed by atoms with Crippen LogP contribution in [0.2, 0.25) is 0 Å². The number of methoxy groups -OCH3 is 1. The Morgan fingerprint density at radius 2 is 1.91 bits per heavy atom. The normalized spacial score (nSPS) is 29.2. The van der Waals surface area contributed by atoms with Gasteiger partial charge in [0.05, 0.1) is 18.2 Å². The predicted molar refractivity (Wildman–Crippen MR) is 114 cm³/mol. The SMILES string of the molecule is COCc1ccc(O)c2c1C[C@H]1C[C@H]3[C@H](N(C)C)C(O)=C(C(N)=O)C(=O)[C@@]3(O)C(O)=C1C2=O. The molecule has 176 valence electrons. The van der Waals surface area contributed by atoms with E-state index >= 15 is 0 Å². The van der Waals surface area contributed by atoms with Gasteiger partial charge in [0.2, 0.25) is 5.78 Å². The molecule has 0 saturated heterocycles. The largest absolute Gasteiger partial charge is 0.510 e. The van der Waals surface area contributed by atoms with Crippen molar-refractivity contribution in [1.82, 2.24) is 4.90 Å². The van der Waals surface area contributed by atoms with E-state index in [1.165, 1.54) is 18.1 Å². The monoisotopic (exact) mass is 458 g/mol. The molecule has 0 radical (unpaired) electrons. The Morgan fingerprint density at radius 1 is 1.24 bits per heavy atom. The number of nitrogens with zero attached hydrogens (tertiary/aromatic N) is 1. The third kappa shape index (κ3) is 3.01. The first kappa shape index (κ1) is 23.0. The lowest BCUT2D eigenvalue weighted by Crippen LogP contribution is -2.63. The van der Waals surface area contributed by atoms with Gasteiger partial charge in [0.1, 0.15) is 22.8 Å². The van der Waals surface area contributed by atoms with Gasteiger partial charge in [0, 0.05) is 18.6 Å². The number of phenols is 1. The lowest BCUT2D eigenvalue weighted by molar-refractivity contribution is -0.148. The van der Waals surface area contributed by atoms with Gasteiger partial charge in [-0.05, 0) is 50.0 Å². The number of benzene rings is 1. The molecule has 4 atom stereocenters. The zero-order valence-corrected chi connectivity index (χ0v) is 18.5. The molecule has 33 heavy (non-hydrogen) atoms.